The predicted octanol–water partition coefficient (Wildman–Crippen LogP) is 3.18. The number of hydrogen-bond acceptors (Lipinski definition) is 3. The maximum Gasteiger partial charge on any atom is 0.129 e. The van der Waals surface area contributed by atoms with E-state index in [2.05, 4.69) is 10.3 Å². The van der Waals surface area contributed by atoms with E-state index in [1.165, 1.54) is 0 Å². The van der Waals surface area contributed by atoms with Gasteiger partial charge in [0.1, 0.15) is 11.6 Å². The van der Waals surface area contributed by atoms with Gasteiger partial charge in [-0.3, -0.25) is 0 Å². The summed E-state index contributed by atoms with van der Waals surface area (Å²) in [4.78, 5) is 4.01. The molecule has 0 unspecified atom stereocenters. The average Bonchev–Trinajstić information content (AvgIpc) is 2.34. The van der Waals surface area contributed by atoms with Crippen molar-refractivity contribution in [3.8, 4) is 5.75 Å². The average molecular weight is 198 g/mol. The second-order valence-electron chi connectivity index (χ2n) is 1.83. The first-order valence-corrected chi connectivity index (χ1v) is 5.04. The fourth-order valence-corrected chi connectivity index (χ4v) is 0.675. The number of pyridine rings is 1. The number of rotatable bonds is 2. The minimum absolute atomic E-state index is 0.819. The molecule has 0 amide bonds. The molecular formula is C11H22N2O. The third-order valence-corrected chi connectivity index (χ3v) is 1.22. The van der Waals surface area contributed by atoms with Gasteiger partial charge in [-0.25, -0.2) is 4.98 Å². The maximum absolute atomic E-state index is 4.98. The number of hydrogen-bond donors (Lipinski definition) is 1. The lowest BCUT2D eigenvalue weighted by Crippen LogP contribution is -1.92. The molecule has 3 nitrogen and oxygen atoms in total. The van der Waals surface area contributed by atoms with Crippen molar-refractivity contribution in [2.45, 2.75) is 27.7 Å². The number of nitrogens with one attached hydrogen (secondary N) is 1. The highest BCUT2D eigenvalue weighted by Crippen LogP contribution is 2.12. The second kappa shape index (κ2) is 11.8. The Hall–Kier alpha value is -1.25. The van der Waals surface area contributed by atoms with Crippen LogP contribution in [0.25, 0.3) is 0 Å². The third kappa shape index (κ3) is 6.29. The first-order valence-electron chi connectivity index (χ1n) is 5.04. The Morgan fingerprint density at radius 1 is 1.21 bits per heavy atom. The zero-order valence-corrected chi connectivity index (χ0v) is 10.1. The summed E-state index contributed by atoms with van der Waals surface area (Å²) in [6.07, 6.45) is 1.70. The van der Waals surface area contributed by atoms with Crippen LogP contribution in [-0.2, 0) is 0 Å². The van der Waals surface area contributed by atoms with Gasteiger partial charge in [0, 0.05) is 19.3 Å². The largest absolute Gasteiger partial charge is 0.497 e. The molecule has 1 aromatic heterocycles. The zero-order valence-electron chi connectivity index (χ0n) is 10.1. The summed E-state index contributed by atoms with van der Waals surface area (Å²) in [6, 6.07) is 3.64. The molecule has 0 saturated heterocycles. The molecule has 0 spiro atoms. The van der Waals surface area contributed by atoms with Crippen molar-refractivity contribution in [2.75, 3.05) is 19.5 Å². The van der Waals surface area contributed by atoms with E-state index in [-0.39, 0.29) is 0 Å². The van der Waals surface area contributed by atoms with Crippen LogP contribution in [0.15, 0.2) is 18.3 Å². The van der Waals surface area contributed by atoms with Crippen LogP contribution < -0.4 is 10.1 Å². The van der Waals surface area contributed by atoms with Gasteiger partial charge >= 0.3 is 0 Å². The predicted molar refractivity (Wildman–Crippen MR) is 63.0 cm³/mol. The molecular weight excluding hydrogens is 176 g/mol. The van der Waals surface area contributed by atoms with Crippen LogP contribution in [0.5, 0.6) is 5.75 Å². The van der Waals surface area contributed by atoms with Crippen molar-refractivity contribution in [1.82, 2.24) is 4.98 Å². The Morgan fingerprint density at radius 3 is 2.21 bits per heavy atom. The molecule has 1 aromatic rings. The van der Waals surface area contributed by atoms with Crippen LogP contribution in [0, 0.1) is 0 Å². The van der Waals surface area contributed by atoms with Crippen LogP contribution in [0.2, 0.25) is 0 Å². The molecule has 0 atom stereocenters. The molecule has 0 aliphatic heterocycles. The Kier molecular flexibility index (Phi) is 12.8. The molecule has 0 bridgehead atoms. The Morgan fingerprint density at radius 2 is 1.79 bits per heavy atom. The third-order valence-electron chi connectivity index (χ3n) is 1.22. The monoisotopic (exact) mass is 198 g/mol. The number of ether oxygens (including phenoxy) is 1. The van der Waals surface area contributed by atoms with Crippen LogP contribution >= 0.6 is 0 Å². The van der Waals surface area contributed by atoms with Crippen molar-refractivity contribution in [3.05, 3.63) is 18.3 Å². The molecule has 1 rings (SSSR count). The fraction of sp³-hybridized carbons (Fsp3) is 0.545. The maximum atomic E-state index is 4.98. The van der Waals surface area contributed by atoms with E-state index < -0.39 is 0 Å². The van der Waals surface area contributed by atoms with Gasteiger partial charge in [0.25, 0.3) is 0 Å². The lowest BCUT2D eigenvalue weighted by molar-refractivity contribution is 0.414. The summed E-state index contributed by atoms with van der Waals surface area (Å²) in [7, 11) is 3.45. The summed E-state index contributed by atoms with van der Waals surface area (Å²) in [5.41, 5.74) is 0. The lowest BCUT2D eigenvalue weighted by atomic mass is 10.4. The van der Waals surface area contributed by atoms with E-state index in [1.807, 2.05) is 40.8 Å². The number of methoxy groups -OCH3 is 1. The Labute approximate surface area is 87.5 Å². The molecule has 14 heavy (non-hydrogen) atoms. The first kappa shape index (κ1) is 15.2. The van der Waals surface area contributed by atoms with Gasteiger partial charge in [0.05, 0.1) is 7.11 Å². The van der Waals surface area contributed by atoms with Crippen LogP contribution in [-0.4, -0.2) is 19.1 Å². The van der Waals surface area contributed by atoms with Gasteiger partial charge in [-0.15, -0.1) is 0 Å². The molecule has 0 fully saturated rings. The van der Waals surface area contributed by atoms with E-state index in [1.54, 1.807) is 19.4 Å². The topological polar surface area (TPSA) is 34.1 Å². The molecule has 3 heteroatoms. The van der Waals surface area contributed by atoms with Crippen molar-refractivity contribution in [2.24, 2.45) is 0 Å². The van der Waals surface area contributed by atoms with E-state index in [9.17, 15) is 0 Å². The quantitative estimate of drug-likeness (QED) is 0.792. The van der Waals surface area contributed by atoms with Gasteiger partial charge < -0.3 is 10.1 Å². The minimum Gasteiger partial charge on any atom is -0.497 e. The van der Waals surface area contributed by atoms with E-state index >= 15 is 0 Å². The van der Waals surface area contributed by atoms with E-state index in [4.69, 9.17) is 4.74 Å². The van der Waals surface area contributed by atoms with Crippen LogP contribution in [0.4, 0.5) is 5.82 Å². The summed E-state index contributed by atoms with van der Waals surface area (Å²) >= 11 is 0. The number of aromatic nitrogens is 1. The van der Waals surface area contributed by atoms with Crippen molar-refractivity contribution >= 4 is 5.82 Å². The molecule has 0 radical (unpaired) electrons. The lowest BCUT2D eigenvalue weighted by Gasteiger charge is -2.00. The van der Waals surface area contributed by atoms with E-state index in [0.29, 0.717) is 0 Å². The Balaban J connectivity index is 0. The van der Waals surface area contributed by atoms with Gasteiger partial charge in [-0.2, -0.15) is 0 Å². The first-order chi connectivity index (χ1) is 6.86. The van der Waals surface area contributed by atoms with Crippen molar-refractivity contribution < 1.29 is 4.74 Å². The zero-order chi connectivity index (χ0) is 11.4. The van der Waals surface area contributed by atoms with Crippen LogP contribution in [0.3, 0.4) is 0 Å². The summed E-state index contributed by atoms with van der Waals surface area (Å²) in [5.74, 6) is 1.64. The highest BCUT2D eigenvalue weighted by molar-refractivity contribution is 5.39. The molecule has 1 N–H and O–H groups in total. The summed E-state index contributed by atoms with van der Waals surface area (Å²) < 4.78 is 4.98. The molecule has 82 valence electrons. The van der Waals surface area contributed by atoms with Gasteiger partial charge in [-0.05, 0) is 6.07 Å². The molecule has 1 heterocycles. The van der Waals surface area contributed by atoms with Crippen molar-refractivity contribution in [1.29, 1.82) is 0 Å². The standard InChI is InChI=1S/C7H10N2O.2C2H6/c1-8-7-5-6(10-2)3-4-9-7;2*1-2/h3-5H,1-2H3,(H,8,9);2*1-2H3. The van der Waals surface area contributed by atoms with E-state index in [0.717, 1.165) is 11.6 Å². The van der Waals surface area contributed by atoms with Gasteiger partial charge in [-0.1, -0.05) is 27.7 Å². The highest BCUT2D eigenvalue weighted by Gasteiger charge is 1.91. The van der Waals surface area contributed by atoms with Gasteiger partial charge in [0.15, 0.2) is 0 Å². The molecule has 0 aliphatic carbocycles. The summed E-state index contributed by atoms with van der Waals surface area (Å²) in [5, 5.41) is 2.91. The number of nitrogens with zero attached hydrogens (tertiary/aromatic N) is 1. The molecule has 0 saturated carbocycles. The Bertz CT molecular complexity index is 195. The van der Waals surface area contributed by atoms with Crippen molar-refractivity contribution in [3.63, 3.8) is 0 Å². The fourth-order valence-electron chi connectivity index (χ4n) is 0.675. The van der Waals surface area contributed by atoms with Gasteiger partial charge in [0.2, 0.25) is 0 Å². The SMILES string of the molecule is CC.CC.CNc1cc(OC)ccn1. The minimum atomic E-state index is 0.819. The smallest absolute Gasteiger partial charge is 0.129 e. The normalized spacial score (nSPS) is 7.29. The highest BCUT2D eigenvalue weighted by atomic mass is 16.5. The van der Waals surface area contributed by atoms with Crippen LogP contribution in [0.1, 0.15) is 27.7 Å². The number of anilines is 1. The molecule has 0 aromatic carbocycles. The second-order valence-corrected chi connectivity index (χ2v) is 1.83. The molecule has 0 aliphatic rings. The summed E-state index contributed by atoms with van der Waals surface area (Å²) in [6.45, 7) is 8.00.